The van der Waals surface area contributed by atoms with E-state index in [1.54, 1.807) is 32.0 Å². The maximum atomic E-state index is 12.0. The molecule has 2 rings (SSSR count). The van der Waals surface area contributed by atoms with Crippen LogP contribution in [-0.2, 0) is 9.53 Å². The van der Waals surface area contributed by atoms with Gasteiger partial charge in [0.2, 0.25) is 0 Å². The van der Waals surface area contributed by atoms with E-state index in [1.165, 1.54) is 11.3 Å². The molecule has 0 aliphatic carbocycles. The molecular formula is C13H15N3O3S. The molecule has 7 heteroatoms. The third-order valence-electron chi connectivity index (χ3n) is 2.65. The van der Waals surface area contributed by atoms with Gasteiger partial charge in [-0.3, -0.25) is 4.79 Å². The number of fused-ring (bicyclic) bond motifs is 1. The summed E-state index contributed by atoms with van der Waals surface area (Å²) in [6, 6.07) is 4.39. The molecule has 20 heavy (non-hydrogen) atoms. The van der Waals surface area contributed by atoms with Gasteiger partial charge in [-0.2, -0.15) is 0 Å². The molecule has 0 spiro atoms. The number of esters is 1. The third kappa shape index (κ3) is 3.05. The number of rotatable bonds is 4. The van der Waals surface area contributed by atoms with Crippen LogP contribution in [0.15, 0.2) is 18.2 Å². The van der Waals surface area contributed by atoms with E-state index in [4.69, 9.17) is 10.5 Å². The number of hydrogen-bond donors (Lipinski definition) is 2. The lowest BCUT2D eigenvalue weighted by atomic mass is 10.2. The molecule has 3 N–H and O–H groups in total. The number of carbonyl (C=O) groups excluding carboxylic acids is 2. The summed E-state index contributed by atoms with van der Waals surface area (Å²) in [5.74, 6) is -0.789. The Kier molecular flexibility index (Phi) is 4.19. The topological polar surface area (TPSA) is 94.3 Å². The normalized spacial score (nSPS) is 12.1. The van der Waals surface area contributed by atoms with Crippen LogP contribution in [-0.4, -0.2) is 29.5 Å². The lowest BCUT2D eigenvalue weighted by Crippen LogP contribution is -2.39. The Morgan fingerprint density at radius 1 is 1.50 bits per heavy atom. The molecule has 1 aromatic carbocycles. The number of nitrogens with two attached hydrogens (primary N) is 1. The van der Waals surface area contributed by atoms with Crippen molar-refractivity contribution in [2.45, 2.75) is 19.9 Å². The average molecular weight is 293 g/mol. The molecule has 0 fully saturated rings. The minimum absolute atomic E-state index is 0.283. The van der Waals surface area contributed by atoms with E-state index in [0.717, 1.165) is 10.2 Å². The summed E-state index contributed by atoms with van der Waals surface area (Å²) in [7, 11) is 0. The number of hydrogen-bond acceptors (Lipinski definition) is 6. The zero-order valence-electron chi connectivity index (χ0n) is 11.2. The number of anilines is 1. The van der Waals surface area contributed by atoms with Gasteiger partial charge in [-0.05, 0) is 32.0 Å². The van der Waals surface area contributed by atoms with Crippen LogP contribution in [0, 0.1) is 0 Å². The van der Waals surface area contributed by atoms with Gasteiger partial charge in [0, 0.05) is 5.56 Å². The van der Waals surface area contributed by atoms with Crippen LogP contribution in [0.5, 0.6) is 0 Å². The number of thiazole rings is 1. The van der Waals surface area contributed by atoms with Crippen molar-refractivity contribution >= 4 is 38.6 Å². The Morgan fingerprint density at radius 2 is 2.25 bits per heavy atom. The van der Waals surface area contributed by atoms with Crippen LogP contribution < -0.4 is 11.1 Å². The molecule has 1 unspecified atom stereocenters. The number of ether oxygens (including phenoxy) is 1. The monoisotopic (exact) mass is 293 g/mol. The lowest BCUT2D eigenvalue weighted by Gasteiger charge is -2.12. The molecule has 1 aromatic heterocycles. The van der Waals surface area contributed by atoms with Crippen LogP contribution >= 0.6 is 11.3 Å². The molecule has 0 saturated carbocycles. The van der Waals surface area contributed by atoms with Crippen molar-refractivity contribution in [3.63, 3.8) is 0 Å². The van der Waals surface area contributed by atoms with E-state index < -0.39 is 12.0 Å². The molecular weight excluding hydrogens is 278 g/mol. The first-order valence-electron chi connectivity index (χ1n) is 6.15. The summed E-state index contributed by atoms with van der Waals surface area (Å²) in [5, 5.41) is 3.05. The molecule has 1 heterocycles. The fraction of sp³-hybridized carbons (Fsp3) is 0.308. The van der Waals surface area contributed by atoms with Crippen LogP contribution in [0.4, 0.5) is 5.13 Å². The largest absolute Gasteiger partial charge is 0.464 e. The highest BCUT2D eigenvalue weighted by atomic mass is 32.1. The third-order valence-corrected chi connectivity index (χ3v) is 3.50. The highest BCUT2D eigenvalue weighted by Crippen LogP contribution is 2.24. The van der Waals surface area contributed by atoms with Gasteiger partial charge in [0.15, 0.2) is 5.13 Å². The second-order valence-electron chi connectivity index (χ2n) is 4.18. The van der Waals surface area contributed by atoms with Gasteiger partial charge < -0.3 is 15.8 Å². The van der Waals surface area contributed by atoms with E-state index >= 15 is 0 Å². The Morgan fingerprint density at radius 3 is 2.95 bits per heavy atom. The van der Waals surface area contributed by atoms with Crippen molar-refractivity contribution < 1.29 is 14.3 Å². The molecule has 2 aromatic rings. The number of nitrogen functional groups attached to an aromatic ring is 1. The van der Waals surface area contributed by atoms with Crippen molar-refractivity contribution in [3.8, 4) is 0 Å². The maximum Gasteiger partial charge on any atom is 0.328 e. The molecule has 1 amide bonds. The summed E-state index contributed by atoms with van der Waals surface area (Å²) in [4.78, 5) is 27.6. The van der Waals surface area contributed by atoms with E-state index in [9.17, 15) is 9.59 Å². The number of carbonyl (C=O) groups is 2. The van der Waals surface area contributed by atoms with E-state index in [0.29, 0.717) is 10.7 Å². The minimum atomic E-state index is -0.690. The summed E-state index contributed by atoms with van der Waals surface area (Å²) in [6.07, 6.45) is 0. The minimum Gasteiger partial charge on any atom is -0.464 e. The number of benzene rings is 1. The van der Waals surface area contributed by atoms with Crippen LogP contribution in [0.2, 0.25) is 0 Å². The summed E-state index contributed by atoms with van der Waals surface area (Å²) in [6.45, 7) is 3.58. The maximum absolute atomic E-state index is 12.0. The zero-order valence-corrected chi connectivity index (χ0v) is 12.0. The second kappa shape index (κ2) is 5.87. The first-order valence-corrected chi connectivity index (χ1v) is 6.96. The van der Waals surface area contributed by atoms with Gasteiger partial charge in [-0.25, -0.2) is 9.78 Å². The highest BCUT2D eigenvalue weighted by molar-refractivity contribution is 7.22. The van der Waals surface area contributed by atoms with Gasteiger partial charge in [-0.1, -0.05) is 11.3 Å². The second-order valence-corrected chi connectivity index (χ2v) is 5.24. The molecule has 0 aliphatic rings. The van der Waals surface area contributed by atoms with Gasteiger partial charge >= 0.3 is 5.97 Å². The van der Waals surface area contributed by atoms with Gasteiger partial charge in [0.25, 0.3) is 5.91 Å². The van der Waals surface area contributed by atoms with E-state index in [1.807, 2.05) is 0 Å². The summed E-state index contributed by atoms with van der Waals surface area (Å²) < 4.78 is 5.67. The summed E-state index contributed by atoms with van der Waals surface area (Å²) in [5.41, 5.74) is 6.82. The van der Waals surface area contributed by atoms with Crippen LogP contribution in [0.1, 0.15) is 24.2 Å². The predicted molar refractivity (Wildman–Crippen MR) is 77.6 cm³/mol. The van der Waals surface area contributed by atoms with Crippen LogP contribution in [0.25, 0.3) is 10.2 Å². The Balaban J connectivity index is 2.12. The van der Waals surface area contributed by atoms with E-state index in [-0.39, 0.29) is 12.5 Å². The molecule has 0 aliphatic heterocycles. The fourth-order valence-electron chi connectivity index (χ4n) is 1.69. The van der Waals surface area contributed by atoms with Crippen molar-refractivity contribution in [2.75, 3.05) is 12.3 Å². The average Bonchev–Trinajstić information content (AvgIpc) is 2.77. The molecule has 1 atom stereocenters. The van der Waals surface area contributed by atoms with Gasteiger partial charge in [-0.15, -0.1) is 0 Å². The lowest BCUT2D eigenvalue weighted by molar-refractivity contribution is -0.144. The van der Waals surface area contributed by atoms with Crippen molar-refractivity contribution in [1.29, 1.82) is 0 Å². The Bertz CT molecular complexity index is 653. The van der Waals surface area contributed by atoms with Crippen molar-refractivity contribution in [1.82, 2.24) is 10.3 Å². The number of nitrogens with one attached hydrogen (secondary N) is 1. The smallest absolute Gasteiger partial charge is 0.328 e. The zero-order chi connectivity index (χ0) is 14.7. The predicted octanol–water partition coefficient (Wildman–Crippen LogP) is 1.56. The highest BCUT2D eigenvalue weighted by Gasteiger charge is 2.18. The standard InChI is InChI=1S/C13H15N3O3S/c1-3-19-12(18)7(2)15-11(17)8-4-5-9-10(6-8)20-13(14)16-9/h4-7H,3H2,1-2H3,(H2,14,16)(H,15,17). The molecule has 0 bridgehead atoms. The molecule has 106 valence electrons. The van der Waals surface area contributed by atoms with Gasteiger partial charge in [0.1, 0.15) is 6.04 Å². The SMILES string of the molecule is CCOC(=O)C(C)NC(=O)c1ccc2nc(N)sc2c1. The fourth-order valence-corrected chi connectivity index (χ4v) is 2.46. The number of aromatic nitrogens is 1. The molecule has 0 saturated heterocycles. The Hall–Kier alpha value is -2.15. The Labute approximate surface area is 119 Å². The van der Waals surface area contributed by atoms with Gasteiger partial charge in [0.05, 0.1) is 16.8 Å². The molecule has 6 nitrogen and oxygen atoms in total. The van der Waals surface area contributed by atoms with E-state index in [2.05, 4.69) is 10.3 Å². The first kappa shape index (κ1) is 14.3. The first-order chi connectivity index (χ1) is 9.51. The molecule has 0 radical (unpaired) electrons. The van der Waals surface area contributed by atoms with Crippen molar-refractivity contribution in [3.05, 3.63) is 23.8 Å². The van der Waals surface area contributed by atoms with Crippen molar-refractivity contribution in [2.24, 2.45) is 0 Å². The van der Waals surface area contributed by atoms with Crippen LogP contribution in [0.3, 0.4) is 0 Å². The number of nitrogens with zero attached hydrogens (tertiary/aromatic N) is 1. The summed E-state index contributed by atoms with van der Waals surface area (Å²) >= 11 is 1.31. The number of amides is 1. The quantitative estimate of drug-likeness (QED) is 0.834.